The van der Waals surface area contributed by atoms with Crippen LogP contribution < -0.4 is 10.2 Å². The first-order valence-electron chi connectivity index (χ1n) is 9.53. The molecule has 2 N–H and O–H groups in total. The maximum Gasteiger partial charge on any atom is 0.265 e. The van der Waals surface area contributed by atoms with Crippen LogP contribution >= 0.6 is 11.6 Å². The summed E-state index contributed by atoms with van der Waals surface area (Å²) in [6.07, 6.45) is -0.724. The van der Waals surface area contributed by atoms with Crippen LogP contribution in [-0.4, -0.2) is 45.5 Å². The van der Waals surface area contributed by atoms with Gasteiger partial charge in [-0.15, -0.1) is 0 Å². The number of morpholine rings is 1. The van der Waals surface area contributed by atoms with E-state index in [0.717, 1.165) is 13.1 Å². The maximum atomic E-state index is 12.9. The summed E-state index contributed by atoms with van der Waals surface area (Å²) in [5, 5.41) is 10.2. The van der Waals surface area contributed by atoms with E-state index in [9.17, 15) is 8.78 Å². The van der Waals surface area contributed by atoms with Crippen LogP contribution in [0, 0.1) is 0 Å². The molecule has 0 saturated carbocycles. The van der Waals surface area contributed by atoms with Gasteiger partial charge in [-0.3, -0.25) is 5.10 Å². The van der Waals surface area contributed by atoms with Gasteiger partial charge in [0.1, 0.15) is 5.82 Å². The lowest BCUT2D eigenvalue weighted by Crippen LogP contribution is -2.46. The summed E-state index contributed by atoms with van der Waals surface area (Å²) in [5.41, 5.74) is 1.11. The van der Waals surface area contributed by atoms with E-state index in [2.05, 4.69) is 30.4 Å². The van der Waals surface area contributed by atoms with E-state index in [-0.39, 0.29) is 22.8 Å². The van der Waals surface area contributed by atoms with Crippen molar-refractivity contribution in [3.05, 3.63) is 47.1 Å². The number of aromatic amines is 1. The van der Waals surface area contributed by atoms with Gasteiger partial charge in [0.25, 0.3) is 6.43 Å². The number of anilines is 3. The summed E-state index contributed by atoms with van der Waals surface area (Å²) < 4.78 is 31.5. The Balaban J connectivity index is 1.50. The molecule has 2 atom stereocenters. The topological polar surface area (TPSA) is 79.0 Å². The van der Waals surface area contributed by atoms with Crippen molar-refractivity contribution < 1.29 is 13.5 Å². The van der Waals surface area contributed by atoms with Gasteiger partial charge in [0.05, 0.1) is 22.9 Å². The number of benzene rings is 1. The summed E-state index contributed by atoms with van der Waals surface area (Å²) >= 11 is 5.96. The SMILES string of the molecule is CC1CN(c2nccc(Nc3cc(-c4ccc(C(F)F)c(Cl)c4)[nH]n3)n2)CC(C)O1. The fourth-order valence-corrected chi connectivity index (χ4v) is 3.71. The molecule has 0 aliphatic carbocycles. The summed E-state index contributed by atoms with van der Waals surface area (Å²) in [6, 6.07) is 7.89. The Kier molecular flexibility index (Phi) is 5.83. The fourth-order valence-electron chi connectivity index (χ4n) is 3.45. The third-order valence-electron chi connectivity index (χ3n) is 4.73. The van der Waals surface area contributed by atoms with E-state index in [1.807, 2.05) is 13.8 Å². The van der Waals surface area contributed by atoms with E-state index >= 15 is 0 Å². The van der Waals surface area contributed by atoms with Gasteiger partial charge in [-0.25, -0.2) is 13.8 Å². The number of halogens is 3. The summed E-state index contributed by atoms with van der Waals surface area (Å²) in [7, 11) is 0. The van der Waals surface area contributed by atoms with Gasteiger partial charge in [-0.1, -0.05) is 23.7 Å². The zero-order chi connectivity index (χ0) is 21.3. The van der Waals surface area contributed by atoms with E-state index in [0.29, 0.717) is 28.8 Å². The Labute approximate surface area is 177 Å². The number of aromatic nitrogens is 4. The Morgan fingerprint density at radius 3 is 2.63 bits per heavy atom. The van der Waals surface area contributed by atoms with Crippen molar-refractivity contribution in [1.29, 1.82) is 0 Å². The second kappa shape index (κ2) is 8.53. The Morgan fingerprint density at radius 2 is 1.93 bits per heavy atom. The van der Waals surface area contributed by atoms with Crippen molar-refractivity contribution in [1.82, 2.24) is 20.2 Å². The number of alkyl halides is 2. The summed E-state index contributed by atoms with van der Waals surface area (Å²) in [6.45, 7) is 5.48. The molecule has 3 heterocycles. The Hall–Kier alpha value is -2.78. The molecule has 1 aliphatic rings. The molecule has 3 aromatic rings. The number of hydrogen-bond acceptors (Lipinski definition) is 6. The molecule has 10 heteroatoms. The first kappa shape index (κ1) is 20.5. The largest absolute Gasteiger partial charge is 0.372 e. The molecule has 1 fully saturated rings. The molecule has 1 aromatic carbocycles. The molecule has 0 bridgehead atoms. The van der Waals surface area contributed by atoms with Crippen molar-refractivity contribution in [2.75, 3.05) is 23.3 Å². The lowest BCUT2D eigenvalue weighted by molar-refractivity contribution is -0.00571. The number of H-pyrrole nitrogens is 1. The van der Waals surface area contributed by atoms with Gasteiger partial charge in [0.15, 0.2) is 5.82 Å². The fraction of sp³-hybridized carbons (Fsp3) is 0.350. The third kappa shape index (κ3) is 4.52. The van der Waals surface area contributed by atoms with Crippen LogP contribution in [-0.2, 0) is 4.74 Å². The number of ether oxygens (including phenoxy) is 1. The Morgan fingerprint density at radius 1 is 1.17 bits per heavy atom. The van der Waals surface area contributed by atoms with Crippen LogP contribution in [0.4, 0.5) is 26.4 Å². The minimum absolute atomic E-state index is 0.0148. The highest BCUT2D eigenvalue weighted by atomic mass is 35.5. The van der Waals surface area contributed by atoms with E-state index in [4.69, 9.17) is 16.3 Å². The second-order valence-electron chi connectivity index (χ2n) is 7.23. The molecule has 1 saturated heterocycles. The predicted octanol–water partition coefficient (Wildman–Crippen LogP) is 4.81. The molecule has 4 rings (SSSR count). The molecule has 0 radical (unpaired) electrons. The van der Waals surface area contributed by atoms with Crippen LogP contribution in [0.15, 0.2) is 36.5 Å². The zero-order valence-corrected chi connectivity index (χ0v) is 17.2. The molecule has 2 aromatic heterocycles. The lowest BCUT2D eigenvalue weighted by atomic mass is 10.1. The van der Waals surface area contributed by atoms with E-state index in [1.165, 1.54) is 12.1 Å². The summed E-state index contributed by atoms with van der Waals surface area (Å²) in [4.78, 5) is 11.0. The minimum Gasteiger partial charge on any atom is -0.372 e. The van der Waals surface area contributed by atoms with Gasteiger partial charge in [-0.05, 0) is 26.0 Å². The molecule has 0 spiro atoms. The lowest BCUT2D eigenvalue weighted by Gasteiger charge is -2.35. The molecule has 30 heavy (non-hydrogen) atoms. The molecule has 2 unspecified atom stereocenters. The minimum atomic E-state index is -2.62. The second-order valence-corrected chi connectivity index (χ2v) is 7.64. The smallest absolute Gasteiger partial charge is 0.265 e. The van der Waals surface area contributed by atoms with Crippen molar-refractivity contribution in [3.8, 4) is 11.3 Å². The van der Waals surface area contributed by atoms with Gasteiger partial charge in [0.2, 0.25) is 5.95 Å². The van der Waals surface area contributed by atoms with E-state index < -0.39 is 6.43 Å². The van der Waals surface area contributed by atoms with Gasteiger partial charge < -0.3 is 15.0 Å². The van der Waals surface area contributed by atoms with Gasteiger partial charge in [-0.2, -0.15) is 10.1 Å². The average molecular weight is 435 g/mol. The monoisotopic (exact) mass is 434 g/mol. The van der Waals surface area contributed by atoms with Crippen LogP contribution in [0.2, 0.25) is 5.02 Å². The van der Waals surface area contributed by atoms with Crippen LogP contribution in [0.1, 0.15) is 25.8 Å². The Bertz CT molecular complexity index is 1020. The van der Waals surface area contributed by atoms with Crippen molar-refractivity contribution in [2.45, 2.75) is 32.5 Å². The highest BCUT2D eigenvalue weighted by Crippen LogP contribution is 2.31. The van der Waals surface area contributed by atoms with Crippen LogP contribution in [0.3, 0.4) is 0 Å². The predicted molar refractivity (Wildman–Crippen MR) is 112 cm³/mol. The molecular formula is C20H21ClF2N6O. The van der Waals surface area contributed by atoms with Crippen molar-refractivity contribution in [3.63, 3.8) is 0 Å². The zero-order valence-electron chi connectivity index (χ0n) is 16.4. The standard InChI is InChI=1S/C20H21ClF2N6O/c1-11-9-29(10-12(2)30-11)20-24-6-5-17(26-20)25-18-8-16(27-28-18)13-3-4-14(19(22)23)15(21)7-13/h3-8,11-12,19H,9-10H2,1-2H3,(H2,24,25,26,27,28). The molecule has 158 valence electrons. The van der Waals surface area contributed by atoms with E-state index in [1.54, 1.807) is 24.4 Å². The van der Waals surface area contributed by atoms with Crippen LogP contribution in [0.5, 0.6) is 0 Å². The maximum absolute atomic E-state index is 12.9. The van der Waals surface area contributed by atoms with Gasteiger partial charge in [0, 0.05) is 36.5 Å². The molecule has 1 aliphatic heterocycles. The highest BCUT2D eigenvalue weighted by molar-refractivity contribution is 6.31. The normalized spacial score (nSPS) is 19.3. The highest BCUT2D eigenvalue weighted by Gasteiger charge is 2.24. The molecular weight excluding hydrogens is 414 g/mol. The summed E-state index contributed by atoms with van der Waals surface area (Å²) in [5.74, 6) is 1.75. The quantitative estimate of drug-likeness (QED) is 0.599. The number of nitrogens with zero attached hydrogens (tertiary/aromatic N) is 4. The third-order valence-corrected chi connectivity index (χ3v) is 5.05. The molecule has 7 nitrogen and oxygen atoms in total. The van der Waals surface area contributed by atoms with Gasteiger partial charge >= 0.3 is 0 Å². The van der Waals surface area contributed by atoms with Crippen molar-refractivity contribution >= 4 is 29.2 Å². The number of hydrogen-bond donors (Lipinski definition) is 2. The first-order valence-corrected chi connectivity index (χ1v) is 9.90. The number of rotatable bonds is 5. The first-order chi connectivity index (χ1) is 14.4. The molecule has 0 amide bonds. The average Bonchev–Trinajstić information content (AvgIpc) is 3.15. The number of nitrogens with one attached hydrogen (secondary N) is 2. The van der Waals surface area contributed by atoms with Crippen LogP contribution in [0.25, 0.3) is 11.3 Å². The van der Waals surface area contributed by atoms with Crippen molar-refractivity contribution in [2.24, 2.45) is 0 Å².